The smallest absolute Gasteiger partial charge is 0.230 e. The van der Waals surface area contributed by atoms with Crippen LogP contribution < -0.4 is 0 Å². The number of oxazole rings is 1. The van der Waals surface area contributed by atoms with E-state index in [4.69, 9.17) is 4.42 Å². The maximum Gasteiger partial charge on any atom is 0.230 e. The summed E-state index contributed by atoms with van der Waals surface area (Å²) in [6.07, 6.45) is 2.20. The van der Waals surface area contributed by atoms with E-state index in [1.54, 1.807) is 6.08 Å². The van der Waals surface area contributed by atoms with E-state index < -0.39 is 0 Å². The highest BCUT2D eigenvalue weighted by molar-refractivity contribution is 6.19. The summed E-state index contributed by atoms with van der Waals surface area (Å²) in [5, 5.41) is 0. The average molecular weight is 215 g/mol. The van der Waals surface area contributed by atoms with Crippen molar-refractivity contribution in [2.24, 2.45) is 0 Å². The number of carbonyl (C=O) groups excluding carboxylic acids is 1. The number of fused-ring (bicyclic) bond motifs is 1. The normalized spacial score (nSPS) is 12.0. The van der Waals surface area contributed by atoms with Crippen LogP contribution in [-0.4, -0.2) is 10.8 Å². The van der Waals surface area contributed by atoms with E-state index in [-0.39, 0.29) is 5.78 Å². The Kier molecular flexibility index (Phi) is 2.86. The molecule has 0 saturated heterocycles. The Hall–Kier alpha value is -1.90. The molecule has 1 aromatic heterocycles. The second-order valence-electron chi connectivity index (χ2n) is 3.47. The van der Waals surface area contributed by atoms with Crippen LogP contribution in [0.5, 0.6) is 0 Å². The van der Waals surface area contributed by atoms with Crippen LogP contribution in [0, 0.1) is 0 Å². The summed E-state index contributed by atoms with van der Waals surface area (Å²) in [7, 11) is 0. The molecule has 2 aromatic rings. The van der Waals surface area contributed by atoms with Gasteiger partial charge in [0, 0.05) is 6.42 Å². The van der Waals surface area contributed by atoms with E-state index in [2.05, 4.69) is 4.98 Å². The Morgan fingerprint density at radius 2 is 2.19 bits per heavy atom. The quantitative estimate of drug-likeness (QED) is 0.738. The molecule has 0 amide bonds. The van der Waals surface area contributed by atoms with E-state index in [0.29, 0.717) is 23.5 Å². The van der Waals surface area contributed by atoms with E-state index in [1.165, 1.54) is 0 Å². The third kappa shape index (κ3) is 1.76. The van der Waals surface area contributed by atoms with Gasteiger partial charge in [-0.15, -0.1) is 0 Å². The third-order valence-electron chi connectivity index (χ3n) is 2.43. The van der Waals surface area contributed by atoms with Crippen molar-refractivity contribution < 1.29 is 9.21 Å². The molecule has 3 nitrogen and oxygen atoms in total. The summed E-state index contributed by atoms with van der Waals surface area (Å²) >= 11 is 0. The Labute approximate surface area is 93.8 Å². The zero-order valence-electron chi connectivity index (χ0n) is 9.36. The molecule has 0 spiro atoms. The van der Waals surface area contributed by atoms with Crippen molar-refractivity contribution in [3.05, 3.63) is 36.2 Å². The third-order valence-corrected chi connectivity index (χ3v) is 2.43. The highest BCUT2D eigenvalue weighted by Crippen LogP contribution is 2.21. The lowest BCUT2D eigenvalue weighted by molar-refractivity contribution is -0.113. The van der Waals surface area contributed by atoms with Crippen LogP contribution in [0.25, 0.3) is 16.7 Å². The van der Waals surface area contributed by atoms with Crippen LogP contribution in [-0.2, 0) is 4.79 Å². The maximum atomic E-state index is 11.7. The number of nitrogens with zero attached hydrogens (tertiary/aromatic N) is 1. The zero-order valence-corrected chi connectivity index (χ0v) is 9.36. The summed E-state index contributed by atoms with van der Waals surface area (Å²) in [5.74, 6) is 0.463. The Balaban J connectivity index is 2.50. The second-order valence-corrected chi connectivity index (χ2v) is 3.47. The molecule has 0 unspecified atom stereocenters. The number of carbonyl (C=O) groups is 1. The van der Waals surface area contributed by atoms with Gasteiger partial charge in [0.2, 0.25) is 5.89 Å². The number of ketones is 1. The van der Waals surface area contributed by atoms with Gasteiger partial charge in [0.25, 0.3) is 0 Å². The molecule has 0 saturated carbocycles. The van der Waals surface area contributed by atoms with Crippen molar-refractivity contribution in [3.63, 3.8) is 0 Å². The minimum absolute atomic E-state index is 0.0501. The number of para-hydroxylation sites is 2. The van der Waals surface area contributed by atoms with Gasteiger partial charge in [-0.3, -0.25) is 4.79 Å². The van der Waals surface area contributed by atoms with Crippen molar-refractivity contribution in [1.29, 1.82) is 0 Å². The number of benzene rings is 1. The number of allylic oxidation sites excluding steroid dienone is 2. The molecule has 0 aliphatic rings. The summed E-state index contributed by atoms with van der Waals surface area (Å²) < 4.78 is 5.54. The first-order chi connectivity index (χ1) is 7.76. The minimum atomic E-state index is 0.0501. The van der Waals surface area contributed by atoms with Crippen LogP contribution in [0.4, 0.5) is 0 Å². The lowest BCUT2D eigenvalue weighted by atomic mass is 10.1. The molecule has 82 valence electrons. The van der Waals surface area contributed by atoms with Gasteiger partial charge < -0.3 is 4.42 Å². The fourth-order valence-corrected chi connectivity index (χ4v) is 1.58. The highest BCUT2D eigenvalue weighted by atomic mass is 16.3. The van der Waals surface area contributed by atoms with Crippen LogP contribution in [0.3, 0.4) is 0 Å². The van der Waals surface area contributed by atoms with Gasteiger partial charge in [-0.2, -0.15) is 0 Å². The molecule has 0 fully saturated rings. The summed E-state index contributed by atoms with van der Waals surface area (Å²) in [6.45, 7) is 3.65. The number of hydrogen-bond donors (Lipinski definition) is 0. The lowest BCUT2D eigenvalue weighted by Crippen LogP contribution is -1.99. The highest BCUT2D eigenvalue weighted by Gasteiger charge is 2.15. The Morgan fingerprint density at radius 3 is 2.81 bits per heavy atom. The SMILES string of the molecule is C/C=C(\C(=O)CC)c1nc2ccccc2o1. The minimum Gasteiger partial charge on any atom is -0.436 e. The number of Topliss-reactive ketones (excluding diaryl/α,β-unsaturated/α-hetero) is 1. The molecule has 2 rings (SSSR count). The standard InChI is InChI=1S/C13H13NO2/c1-3-9(11(15)4-2)13-14-10-7-5-6-8-12(10)16-13/h3,5-8H,4H2,1-2H3/b9-3+. The van der Waals surface area contributed by atoms with Crippen LogP contribution in [0.15, 0.2) is 34.8 Å². The number of rotatable bonds is 3. The molecule has 0 N–H and O–H groups in total. The van der Waals surface area contributed by atoms with Crippen molar-refractivity contribution in [2.75, 3.05) is 0 Å². The van der Waals surface area contributed by atoms with Gasteiger partial charge in [-0.25, -0.2) is 4.98 Å². The summed E-state index contributed by atoms with van der Waals surface area (Å²) in [5.41, 5.74) is 2.04. The molecular formula is C13H13NO2. The topological polar surface area (TPSA) is 43.1 Å². The van der Waals surface area contributed by atoms with E-state index in [1.807, 2.05) is 38.1 Å². The average Bonchev–Trinajstić information content (AvgIpc) is 2.72. The molecule has 0 bridgehead atoms. The van der Waals surface area contributed by atoms with Crippen LogP contribution in [0.1, 0.15) is 26.2 Å². The molecular weight excluding hydrogens is 202 g/mol. The van der Waals surface area contributed by atoms with E-state index in [9.17, 15) is 4.79 Å². The summed E-state index contributed by atoms with van der Waals surface area (Å²) in [6, 6.07) is 7.49. The van der Waals surface area contributed by atoms with Crippen LogP contribution >= 0.6 is 0 Å². The van der Waals surface area contributed by atoms with Gasteiger partial charge in [0.15, 0.2) is 11.4 Å². The molecule has 1 heterocycles. The first-order valence-corrected chi connectivity index (χ1v) is 5.31. The molecule has 0 aliphatic heterocycles. The van der Waals surface area contributed by atoms with Crippen molar-refractivity contribution in [3.8, 4) is 0 Å². The van der Waals surface area contributed by atoms with Crippen molar-refractivity contribution in [2.45, 2.75) is 20.3 Å². The van der Waals surface area contributed by atoms with Crippen molar-refractivity contribution >= 4 is 22.5 Å². The van der Waals surface area contributed by atoms with Gasteiger partial charge in [0.1, 0.15) is 5.52 Å². The molecule has 1 aromatic carbocycles. The summed E-state index contributed by atoms with van der Waals surface area (Å²) in [4.78, 5) is 15.9. The molecule has 0 radical (unpaired) electrons. The molecule has 3 heteroatoms. The maximum absolute atomic E-state index is 11.7. The number of hydrogen-bond acceptors (Lipinski definition) is 3. The van der Waals surface area contributed by atoms with Gasteiger partial charge in [-0.05, 0) is 19.1 Å². The van der Waals surface area contributed by atoms with E-state index in [0.717, 1.165) is 5.52 Å². The second kappa shape index (κ2) is 4.31. The first-order valence-electron chi connectivity index (χ1n) is 5.31. The first kappa shape index (κ1) is 10.6. The fraction of sp³-hybridized carbons (Fsp3) is 0.231. The van der Waals surface area contributed by atoms with Gasteiger partial charge >= 0.3 is 0 Å². The molecule has 0 aliphatic carbocycles. The van der Waals surface area contributed by atoms with Gasteiger partial charge in [0.05, 0.1) is 5.57 Å². The lowest BCUT2D eigenvalue weighted by Gasteiger charge is -1.97. The Bertz CT molecular complexity index is 519. The predicted molar refractivity (Wildman–Crippen MR) is 63.0 cm³/mol. The fourth-order valence-electron chi connectivity index (χ4n) is 1.58. The largest absolute Gasteiger partial charge is 0.436 e. The van der Waals surface area contributed by atoms with Crippen LogP contribution in [0.2, 0.25) is 0 Å². The van der Waals surface area contributed by atoms with Crippen molar-refractivity contribution in [1.82, 2.24) is 4.98 Å². The predicted octanol–water partition coefficient (Wildman–Crippen LogP) is 3.21. The molecule has 0 atom stereocenters. The van der Waals surface area contributed by atoms with E-state index >= 15 is 0 Å². The molecule has 16 heavy (non-hydrogen) atoms. The number of aromatic nitrogens is 1. The zero-order chi connectivity index (χ0) is 11.5. The Morgan fingerprint density at radius 1 is 1.44 bits per heavy atom. The monoisotopic (exact) mass is 215 g/mol. The van der Waals surface area contributed by atoms with Gasteiger partial charge in [-0.1, -0.05) is 25.1 Å².